The molecule has 2 heterocycles. The smallest absolute Gasteiger partial charge is 0.244 e. The Morgan fingerprint density at radius 3 is 2.62 bits per heavy atom. The van der Waals surface area contributed by atoms with Gasteiger partial charge in [0.05, 0.1) is 17.2 Å². The lowest BCUT2D eigenvalue weighted by molar-refractivity contribution is -0.121. The van der Waals surface area contributed by atoms with Gasteiger partial charge in [0.1, 0.15) is 12.3 Å². The van der Waals surface area contributed by atoms with Crippen LogP contribution in [0.1, 0.15) is 28.6 Å². The highest BCUT2D eigenvalue weighted by Crippen LogP contribution is 2.45. The maximum atomic E-state index is 13.1. The molecule has 0 unspecified atom stereocenters. The van der Waals surface area contributed by atoms with Crippen molar-refractivity contribution >= 4 is 35.0 Å². The molecule has 4 rings (SSSR count). The van der Waals surface area contributed by atoms with Gasteiger partial charge in [-0.3, -0.25) is 9.59 Å². The number of para-hydroxylation sites is 1. The van der Waals surface area contributed by atoms with E-state index in [4.69, 9.17) is 4.42 Å². The monoisotopic (exact) mass is 406 g/mol. The van der Waals surface area contributed by atoms with Gasteiger partial charge >= 0.3 is 0 Å². The Morgan fingerprint density at radius 2 is 1.90 bits per heavy atom. The van der Waals surface area contributed by atoms with E-state index in [9.17, 15) is 9.59 Å². The Hall–Kier alpha value is -2.99. The van der Waals surface area contributed by atoms with E-state index in [-0.39, 0.29) is 30.0 Å². The lowest BCUT2D eigenvalue weighted by atomic mass is 10.1. The van der Waals surface area contributed by atoms with Gasteiger partial charge in [-0.05, 0) is 61.4 Å². The molecule has 1 atom stereocenters. The fourth-order valence-electron chi connectivity index (χ4n) is 3.58. The van der Waals surface area contributed by atoms with Gasteiger partial charge in [0.25, 0.3) is 0 Å². The van der Waals surface area contributed by atoms with E-state index in [1.165, 1.54) is 0 Å². The molecule has 2 aromatic carbocycles. The Bertz CT molecular complexity index is 1030. The summed E-state index contributed by atoms with van der Waals surface area (Å²) in [7, 11) is 0. The van der Waals surface area contributed by atoms with Crippen LogP contribution in [0, 0.1) is 13.8 Å². The number of amides is 2. The van der Waals surface area contributed by atoms with E-state index in [1.807, 2.05) is 62.4 Å². The highest BCUT2D eigenvalue weighted by Gasteiger charge is 2.31. The van der Waals surface area contributed by atoms with Crippen molar-refractivity contribution < 1.29 is 14.0 Å². The molecule has 2 amide bonds. The van der Waals surface area contributed by atoms with E-state index in [0.29, 0.717) is 0 Å². The molecule has 0 saturated heterocycles. The first-order valence-corrected chi connectivity index (χ1v) is 10.3. The number of hydrogen-bond donors (Lipinski definition) is 1. The van der Waals surface area contributed by atoms with Gasteiger partial charge in [0, 0.05) is 17.0 Å². The highest BCUT2D eigenvalue weighted by molar-refractivity contribution is 7.99. The summed E-state index contributed by atoms with van der Waals surface area (Å²) >= 11 is 1.59. The fourth-order valence-corrected chi connectivity index (χ4v) is 4.81. The molecular weight excluding hydrogens is 384 g/mol. The summed E-state index contributed by atoms with van der Waals surface area (Å²) < 4.78 is 5.54. The van der Waals surface area contributed by atoms with Crippen molar-refractivity contribution in [1.82, 2.24) is 0 Å². The van der Waals surface area contributed by atoms with E-state index >= 15 is 0 Å². The average Bonchev–Trinajstić information content (AvgIpc) is 3.16. The summed E-state index contributed by atoms with van der Waals surface area (Å²) in [4.78, 5) is 28.4. The zero-order valence-electron chi connectivity index (χ0n) is 16.3. The van der Waals surface area contributed by atoms with Crippen LogP contribution in [0.25, 0.3) is 0 Å². The van der Waals surface area contributed by atoms with Crippen molar-refractivity contribution in [2.24, 2.45) is 0 Å². The Kier molecular flexibility index (Phi) is 5.45. The van der Waals surface area contributed by atoms with Gasteiger partial charge in [-0.25, -0.2) is 0 Å². The molecule has 1 aromatic heterocycles. The summed E-state index contributed by atoms with van der Waals surface area (Å²) in [5, 5.41) is 2.80. The average molecular weight is 407 g/mol. The minimum Gasteiger partial charge on any atom is -0.468 e. The molecular formula is C23H22N2O3S. The number of fused-ring (bicyclic) bond motifs is 1. The van der Waals surface area contributed by atoms with Crippen LogP contribution >= 0.6 is 11.8 Å². The number of aryl methyl sites for hydroxylation is 2. The van der Waals surface area contributed by atoms with Gasteiger partial charge in [-0.15, -0.1) is 11.8 Å². The van der Waals surface area contributed by atoms with E-state index in [1.54, 1.807) is 22.9 Å². The standard InChI is InChI=1S/C23H22N2O3S/c1-15-10-16(2)12-17(11-15)24-22(26)14-25-18-6-3-4-8-20(18)29-21(13-23(25)27)19-7-5-9-28-19/h3-12,21H,13-14H2,1-2H3,(H,24,26)/t21-/m0/s1. The van der Waals surface area contributed by atoms with Crippen molar-refractivity contribution in [1.29, 1.82) is 0 Å². The number of hydrogen-bond acceptors (Lipinski definition) is 4. The summed E-state index contributed by atoms with van der Waals surface area (Å²) in [5.74, 6) is 0.443. The Balaban J connectivity index is 1.57. The molecule has 0 radical (unpaired) electrons. The summed E-state index contributed by atoms with van der Waals surface area (Å²) in [6.45, 7) is 3.95. The van der Waals surface area contributed by atoms with Gasteiger partial charge in [-0.1, -0.05) is 18.2 Å². The van der Waals surface area contributed by atoms with Crippen LogP contribution in [-0.4, -0.2) is 18.4 Å². The van der Waals surface area contributed by atoms with Gasteiger partial charge < -0.3 is 14.6 Å². The number of furan rings is 1. The topological polar surface area (TPSA) is 62.6 Å². The molecule has 29 heavy (non-hydrogen) atoms. The minimum absolute atomic E-state index is 0.0335. The SMILES string of the molecule is Cc1cc(C)cc(NC(=O)CN2C(=O)C[C@@H](c3ccco3)Sc3ccccc32)c1. The zero-order chi connectivity index (χ0) is 20.4. The molecule has 6 heteroatoms. The number of thioether (sulfide) groups is 1. The largest absolute Gasteiger partial charge is 0.468 e. The van der Waals surface area contributed by atoms with Crippen LogP contribution in [0.15, 0.2) is 70.2 Å². The first-order chi connectivity index (χ1) is 14.0. The van der Waals surface area contributed by atoms with Gasteiger partial charge in [0.2, 0.25) is 11.8 Å². The normalized spacial score (nSPS) is 16.3. The van der Waals surface area contributed by atoms with Crippen LogP contribution in [0.5, 0.6) is 0 Å². The lowest BCUT2D eigenvalue weighted by Crippen LogP contribution is -2.38. The summed E-state index contributed by atoms with van der Waals surface area (Å²) in [6.07, 6.45) is 1.88. The number of nitrogens with zero attached hydrogens (tertiary/aromatic N) is 1. The molecule has 5 nitrogen and oxygen atoms in total. The van der Waals surface area contributed by atoms with Crippen LogP contribution in [-0.2, 0) is 9.59 Å². The lowest BCUT2D eigenvalue weighted by Gasteiger charge is -2.22. The van der Waals surface area contributed by atoms with Crippen molar-refractivity contribution in [3.63, 3.8) is 0 Å². The maximum absolute atomic E-state index is 13.1. The second-order valence-corrected chi connectivity index (χ2v) is 8.44. The maximum Gasteiger partial charge on any atom is 0.244 e. The van der Waals surface area contributed by atoms with E-state index in [0.717, 1.165) is 33.2 Å². The van der Waals surface area contributed by atoms with Crippen molar-refractivity contribution in [2.75, 3.05) is 16.8 Å². The second kappa shape index (κ2) is 8.17. The predicted molar refractivity (Wildman–Crippen MR) is 115 cm³/mol. The minimum atomic E-state index is -0.223. The zero-order valence-corrected chi connectivity index (χ0v) is 17.2. The third kappa shape index (κ3) is 4.38. The highest BCUT2D eigenvalue weighted by atomic mass is 32.2. The molecule has 1 aliphatic heterocycles. The molecule has 0 saturated carbocycles. The molecule has 0 fully saturated rings. The molecule has 148 valence electrons. The van der Waals surface area contributed by atoms with Gasteiger partial charge in [-0.2, -0.15) is 0 Å². The van der Waals surface area contributed by atoms with Crippen molar-refractivity contribution in [3.05, 3.63) is 77.7 Å². The molecule has 0 spiro atoms. The van der Waals surface area contributed by atoms with Crippen molar-refractivity contribution in [2.45, 2.75) is 30.4 Å². The number of anilines is 2. The third-order valence-electron chi connectivity index (χ3n) is 4.75. The summed E-state index contributed by atoms with van der Waals surface area (Å²) in [5.41, 5.74) is 3.65. The first-order valence-electron chi connectivity index (χ1n) is 9.47. The second-order valence-electron chi connectivity index (χ2n) is 7.20. The third-order valence-corrected chi connectivity index (χ3v) is 6.04. The first kappa shape index (κ1) is 19.3. The van der Waals surface area contributed by atoms with Crippen LogP contribution in [0.3, 0.4) is 0 Å². The van der Waals surface area contributed by atoms with Crippen molar-refractivity contribution in [3.8, 4) is 0 Å². The van der Waals surface area contributed by atoms with Gasteiger partial charge in [0.15, 0.2) is 0 Å². The number of benzene rings is 2. The molecule has 1 N–H and O–H groups in total. The molecule has 1 aliphatic rings. The summed E-state index contributed by atoms with van der Waals surface area (Å²) in [6, 6.07) is 17.3. The van der Waals surface area contributed by atoms with Crippen LogP contribution in [0.2, 0.25) is 0 Å². The number of carbonyl (C=O) groups excluding carboxylic acids is 2. The van der Waals surface area contributed by atoms with E-state index < -0.39 is 0 Å². The number of carbonyl (C=O) groups is 2. The quantitative estimate of drug-likeness (QED) is 0.654. The van der Waals surface area contributed by atoms with Crippen LogP contribution < -0.4 is 10.2 Å². The molecule has 0 bridgehead atoms. The molecule has 0 aliphatic carbocycles. The Labute approximate surface area is 174 Å². The Morgan fingerprint density at radius 1 is 1.14 bits per heavy atom. The fraction of sp³-hybridized carbons (Fsp3) is 0.217. The predicted octanol–water partition coefficient (Wildman–Crippen LogP) is 5.11. The van der Waals surface area contributed by atoms with Crippen LogP contribution in [0.4, 0.5) is 11.4 Å². The number of rotatable bonds is 4. The molecule has 3 aromatic rings. The van der Waals surface area contributed by atoms with E-state index in [2.05, 4.69) is 11.4 Å². The number of nitrogens with one attached hydrogen (secondary N) is 1.